The summed E-state index contributed by atoms with van der Waals surface area (Å²) < 4.78 is 12.0. The van der Waals surface area contributed by atoms with Crippen LogP contribution in [0.4, 0.5) is 0 Å². The lowest BCUT2D eigenvalue weighted by Gasteiger charge is -2.63. The number of allylic oxidation sites excluding steroid dienone is 2. The highest BCUT2D eigenvalue weighted by Crippen LogP contribution is 2.90. The fraction of sp³-hybridized carbons (Fsp3) is 0.711. The highest BCUT2D eigenvalue weighted by molar-refractivity contribution is 5.92. The van der Waals surface area contributed by atoms with Crippen LogP contribution in [-0.2, 0) is 14.4 Å². The van der Waals surface area contributed by atoms with Crippen molar-refractivity contribution in [1.29, 1.82) is 0 Å². The van der Waals surface area contributed by atoms with Crippen LogP contribution < -0.4 is 9.47 Å². The molecule has 0 amide bonds. The smallest absolute Gasteiger partial charge is 0.328 e. The van der Waals surface area contributed by atoms with Crippen LogP contribution in [0.3, 0.4) is 0 Å². The van der Waals surface area contributed by atoms with E-state index in [2.05, 4.69) is 54.5 Å². The maximum atomic E-state index is 13.1. The first kappa shape index (κ1) is 37.9. The summed E-state index contributed by atoms with van der Waals surface area (Å²) in [7, 11) is 0. The van der Waals surface area contributed by atoms with Gasteiger partial charge in [-0.15, -0.1) is 0 Å². The lowest BCUT2D eigenvalue weighted by molar-refractivity contribution is -0.136. The molecule has 0 heterocycles. The summed E-state index contributed by atoms with van der Waals surface area (Å²) in [5.74, 6) is 1.86. The molecule has 0 saturated heterocycles. The fourth-order valence-electron chi connectivity index (χ4n) is 12.9. The molecule has 0 unspecified atom stereocenters. The molecular weight excluding hydrogens is 636 g/mol. The van der Waals surface area contributed by atoms with E-state index in [1.807, 2.05) is 6.07 Å². The quantitative estimate of drug-likeness (QED) is 0.133. The predicted molar refractivity (Wildman–Crippen MR) is 203 cm³/mol. The number of rotatable bonds is 12. The Bertz CT molecular complexity index is 1620. The van der Waals surface area contributed by atoms with Crippen LogP contribution in [0.2, 0.25) is 0 Å². The topological polar surface area (TPSA) is 89.9 Å². The molecule has 6 nitrogen and oxygen atoms in total. The summed E-state index contributed by atoms with van der Waals surface area (Å²) in [4.78, 5) is 37.7. The third-order valence-electron chi connectivity index (χ3n) is 15.6. The van der Waals surface area contributed by atoms with Crippen molar-refractivity contribution in [2.24, 2.45) is 56.7 Å². The Labute approximate surface area is 307 Å². The van der Waals surface area contributed by atoms with Crippen molar-refractivity contribution in [3.05, 3.63) is 35.4 Å². The minimum Gasteiger partial charge on any atom is -0.478 e. The van der Waals surface area contributed by atoms with Gasteiger partial charge in [0, 0.05) is 29.9 Å². The summed E-state index contributed by atoms with van der Waals surface area (Å²) in [5.41, 5.74) is 3.22. The summed E-state index contributed by atoms with van der Waals surface area (Å²) in [5, 5.41) is 9.72. The average molecular weight is 701 g/mol. The number of fused-ring (bicyclic) bond motifs is 2. The number of carbonyl (C=O) groups is 3. The number of carboxylic acids is 1. The zero-order valence-electron chi connectivity index (χ0n) is 33.0. The molecule has 2 spiro atoms. The number of aliphatic carboxylic acids is 1. The maximum absolute atomic E-state index is 13.1. The Kier molecular flexibility index (Phi) is 10.0. The molecule has 4 fully saturated rings. The number of carbonyl (C=O) groups excluding carboxylic acids is 2. The van der Waals surface area contributed by atoms with Crippen LogP contribution in [0.15, 0.2) is 24.3 Å². The molecule has 1 aromatic carbocycles. The minimum atomic E-state index is -1.04. The van der Waals surface area contributed by atoms with Gasteiger partial charge in [0.2, 0.25) is 0 Å². The summed E-state index contributed by atoms with van der Waals surface area (Å²) >= 11 is 0. The molecule has 0 radical (unpaired) electrons. The lowest BCUT2D eigenvalue weighted by atomic mass is 9.41. The van der Waals surface area contributed by atoms with Crippen molar-refractivity contribution in [3.8, 4) is 11.5 Å². The van der Waals surface area contributed by atoms with Crippen LogP contribution in [0.25, 0.3) is 11.6 Å². The molecular formula is C45H64O6. The first-order chi connectivity index (χ1) is 24.0. The zero-order chi connectivity index (χ0) is 37.1. The number of hydrogen-bond acceptors (Lipinski definition) is 5. The first-order valence-electron chi connectivity index (χ1n) is 20.2. The number of ether oxygens (including phenoxy) is 2. The molecule has 0 aliphatic heterocycles. The van der Waals surface area contributed by atoms with Gasteiger partial charge in [-0.25, -0.2) is 4.79 Å². The van der Waals surface area contributed by atoms with Crippen LogP contribution in [0, 0.1) is 56.7 Å². The van der Waals surface area contributed by atoms with E-state index < -0.39 is 17.9 Å². The van der Waals surface area contributed by atoms with Crippen LogP contribution in [0.5, 0.6) is 11.5 Å². The van der Waals surface area contributed by atoms with Crippen LogP contribution in [0.1, 0.15) is 157 Å². The highest BCUT2D eigenvalue weighted by Gasteiger charge is 2.83. The first-order valence-corrected chi connectivity index (χ1v) is 20.2. The molecule has 1 N–H and O–H groups in total. The Morgan fingerprint density at radius 2 is 1.57 bits per heavy atom. The summed E-state index contributed by atoms with van der Waals surface area (Å²) in [6.45, 7) is 20.9. The zero-order valence-corrected chi connectivity index (χ0v) is 33.0. The number of benzene rings is 1. The molecule has 6 heteroatoms. The SMILES string of the molecule is CCC(=O)Oc1ccc(/C=C/C(=O)O)c(C2=CCC(C)(C)[C@@H]3CC[C@@H]4[C@]5(CC[C@]6(C)[C@@H]([C@H](C)CCCC(C)C)CC[C@@]46C)C[C@]235)c1OC(=O)CC. The monoisotopic (exact) mass is 700 g/mol. The molecule has 51 heavy (non-hydrogen) atoms. The van der Waals surface area contributed by atoms with E-state index in [0.717, 1.165) is 48.7 Å². The minimum absolute atomic E-state index is 0.0897. The van der Waals surface area contributed by atoms with Crippen molar-refractivity contribution >= 4 is 29.6 Å². The van der Waals surface area contributed by atoms with Crippen molar-refractivity contribution < 1.29 is 29.0 Å². The van der Waals surface area contributed by atoms with Gasteiger partial charge in [0.05, 0.1) is 0 Å². The standard InChI is InChI=1S/C45H64O6/c1-10-37(48)50-33-17-15-30(16-20-36(46)47)39(40(33)51-38(49)11-2)32-21-23-41(6,7)34-18-19-35-43(9)24-22-31(29(5)14-12-13-28(3)4)42(43,8)25-26-44(35)27-45(32,34)44/h15-17,20-21,28-29,31,34-35H,10-14,18-19,22-27H2,1-9H3,(H,46,47)/b20-16+/t29-,31-,34+,35+,42-,43+,44+,45+/m1/s1. The van der Waals surface area contributed by atoms with Gasteiger partial charge in [-0.05, 0) is 126 Å². The second-order valence-corrected chi connectivity index (χ2v) is 18.8. The Balaban J connectivity index is 1.48. The van der Waals surface area contributed by atoms with Crippen molar-refractivity contribution in [2.45, 2.75) is 146 Å². The van der Waals surface area contributed by atoms with Gasteiger partial charge in [0.25, 0.3) is 0 Å². The second-order valence-electron chi connectivity index (χ2n) is 18.8. The molecule has 5 aliphatic rings. The van der Waals surface area contributed by atoms with E-state index >= 15 is 0 Å². The van der Waals surface area contributed by atoms with Crippen LogP contribution in [-0.4, -0.2) is 23.0 Å². The molecule has 8 atom stereocenters. The van der Waals surface area contributed by atoms with Gasteiger partial charge in [0.15, 0.2) is 11.5 Å². The third-order valence-corrected chi connectivity index (χ3v) is 15.6. The van der Waals surface area contributed by atoms with E-state index in [0.29, 0.717) is 22.8 Å². The Morgan fingerprint density at radius 3 is 2.24 bits per heavy atom. The molecule has 1 aromatic rings. The van der Waals surface area contributed by atoms with Crippen molar-refractivity contribution in [3.63, 3.8) is 0 Å². The Morgan fingerprint density at radius 1 is 0.882 bits per heavy atom. The van der Waals surface area contributed by atoms with E-state index in [-0.39, 0.29) is 46.0 Å². The van der Waals surface area contributed by atoms with Crippen molar-refractivity contribution in [2.75, 3.05) is 0 Å². The van der Waals surface area contributed by atoms with E-state index in [1.165, 1.54) is 56.9 Å². The normalized spacial score (nSPS) is 35.3. The van der Waals surface area contributed by atoms with E-state index in [9.17, 15) is 19.5 Å². The van der Waals surface area contributed by atoms with Gasteiger partial charge < -0.3 is 14.6 Å². The molecule has 5 aliphatic carbocycles. The molecule has 280 valence electrons. The number of hydrogen-bond donors (Lipinski definition) is 1. The van der Waals surface area contributed by atoms with Gasteiger partial charge >= 0.3 is 17.9 Å². The summed E-state index contributed by atoms with van der Waals surface area (Å²) in [6, 6.07) is 3.49. The molecule has 0 bridgehead atoms. The second kappa shape index (κ2) is 13.5. The Hall–Kier alpha value is -2.89. The van der Waals surface area contributed by atoms with Gasteiger partial charge in [0.1, 0.15) is 0 Å². The van der Waals surface area contributed by atoms with E-state index in [4.69, 9.17) is 9.47 Å². The largest absolute Gasteiger partial charge is 0.478 e. The number of carboxylic acid groups (broad SMARTS) is 1. The molecule has 0 aromatic heterocycles. The third kappa shape index (κ3) is 5.93. The maximum Gasteiger partial charge on any atom is 0.328 e. The van der Waals surface area contributed by atoms with Gasteiger partial charge in [-0.1, -0.05) is 93.7 Å². The van der Waals surface area contributed by atoms with Crippen LogP contribution >= 0.6 is 0 Å². The highest BCUT2D eigenvalue weighted by atomic mass is 16.6. The van der Waals surface area contributed by atoms with E-state index in [1.54, 1.807) is 26.0 Å². The van der Waals surface area contributed by atoms with Gasteiger partial charge in [-0.2, -0.15) is 0 Å². The van der Waals surface area contributed by atoms with Gasteiger partial charge in [-0.3, -0.25) is 9.59 Å². The molecule has 4 saturated carbocycles. The number of esters is 2. The summed E-state index contributed by atoms with van der Waals surface area (Å²) in [6.07, 6.45) is 18.9. The predicted octanol–water partition coefficient (Wildman–Crippen LogP) is 11.3. The molecule has 6 rings (SSSR count). The average Bonchev–Trinajstić information content (AvgIpc) is 3.67. The van der Waals surface area contributed by atoms with Crippen molar-refractivity contribution in [1.82, 2.24) is 0 Å². The lowest BCUT2D eigenvalue weighted by Crippen LogP contribution is -2.56. The fourth-order valence-corrected chi connectivity index (χ4v) is 12.9.